The molecule has 0 radical (unpaired) electrons. The minimum Gasteiger partial charge on any atom is -0.207 e. The molecule has 1 aromatic rings. The first-order valence-electron chi connectivity index (χ1n) is 4.18. The first-order chi connectivity index (χ1) is 5.83. The molecule has 0 aliphatic heterocycles. The fourth-order valence-electron chi connectivity index (χ4n) is 1.86. The highest BCUT2D eigenvalue weighted by atomic mass is 79.9. The summed E-state index contributed by atoms with van der Waals surface area (Å²) >= 11 is 3.41. The maximum atomic E-state index is 13.2. The zero-order valence-corrected chi connectivity index (χ0v) is 8.33. The summed E-state index contributed by atoms with van der Waals surface area (Å²) in [6.45, 7) is 0. The van der Waals surface area contributed by atoms with Crippen LogP contribution in [0.3, 0.4) is 0 Å². The molecule has 0 spiro atoms. The van der Waals surface area contributed by atoms with E-state index in [0.29, 0.717) is 0 Å². The van der Waals surface area contributed by atoms with Gasteiger partial charge in [-0.2, -0.15) is 0 Å². The zero-order valence-electron chi connectivity index (χ0n) is 6.74. The van der Waals surface area contributed by atoms with Gasteiger partial charge in [0, 0.05) is 5.33 Å². The van der Waals surface area contributed by atoms with Crippen molar-refractivity contribution in [3.8, 4) is 0 Å². The molecule has 0 saturated heterocycles. The summed E-state index contributed by atoms with van der Waals surface area (Å²) < 4.78 is 13.2. The molecule has 0 saturated carbocycles. The lowest BCUT2D eigenvalue weighted by atomic mass is 10.0. The molecule has 0 heterocycles. The van der Waals surface area contributed by atoms with Crippen molar-refractivity contribution in [2.75, 3.05) is 0 Å². The Morgan fingerprint density at radius 3 is 2.75 bits per heavy atom. The molecule has 0 fully saturated rings. The highest BCUT2D eigenvalue weighted by Gasteiger charge is 2.17. The van der Waals surface area contributed by atoms with E-state index in [-0.39, 0.29) is 5.82 Å². The lowest BCUT2D eigenvalue weighted by Crippen LogP contribution is -1.93. The molecule has 64 valence electrons. The molecule has 0 nitrogen and oxygen atoms in total. The molecule has 0 aromatic heterocycles. The Balaban J connectivity index is 2.57. The van der Waals surface area contributed by atoms with E-state index < -0.39 is 0 Å². The van der Waals surface area contributed by atoms with E-state index in [1.165, 1.54) is 11.1 Å². The fourth-order valence-corrected chi connectivity index (χ4v) is 2.39. The van der Waals surface area contributed by atoms with Crippen LogP contribution >= 0.6 is 15.9 Å². The molecule has 1 aliphatic carbocycles. The number of hydrogen-bond acceptors (Lipinski definition) is 0. The maximum absolute atomic E-state index is 13.2. The molecule has 0 unspecified atom stereocenters. The molecule has 0 atom stereocenters. The average molecular weight is 229 g/mol. The lowest BCUT2D eigenvalue weighted by molar-refractivity contribution is 0.612. The van der Waals surface area contributed by atoms with Crippen LogP contribution in [0, 0.1) is 5.82 Å². The average Bonchev–Trinajstić information content (AvgIpc) is 2.54. The summed E-state index contributed by atoms with van der Waals surface area (Å²) in [5.74, 6) is -0.0211. The van der Waals surface area contributed by atoms with Crippen molar-refractivity contribution in [1.82, 2.24) is 0 Å². The second-order valence-electron chi connectivity index (χ2n) is 3.15. The number of alkyl halides is 1. The molecule has 12 heavy (non-hydrogen) atoms. The minimum atomic E-state index is -0.0211. The SMILES string of the molecule is Fc1ccc(CBr)c2c1CCC2. The van der Waals surface area contributed by atoms with Crippen LogP contribution in [0.2, 0.25) is 0 Å². The fraction of sp³-hybridized carbons (Fsp3) is 0.400. The maximum Gasteiger partial charge on any atom is 0.126 e. The van der Waals surface area contributed by atoms with Crippen molar-refractivity contribution in [1.29, 1.82) is 0 Å². The van der Waals surface area contributed by atoms with Crippen LogP contribution in [-0.4, -0.2) is 0 Å². The molecule has 0 bridgehead atoms. The van der Waals surface area contributed by atoms with Crippen molar-refractivity contribution in [3.63, 3.8) is 0 Å². The summed E-state index contributed by atoms with van der Waals surface area (Å²) in [5, 5.41) is 0.843. The van der Waals surface area contributed by atoms with E-state index in [1.807, 2.05) is 6.07 Å². The van der Waals surface area contributed by atoms with Gasteiger partial charge in [-0.25, -0.2) is 4.39 Å². The summed E-state index contributed by atoms with van der Waals surface area (Å²) in [6.07, 6.45) is 3.08. The highest BCUT2D eigenvalue weighted by Crippen LogP contribution is 2.28. The van der Waals surface area contributed by atoms with Crippen LogP contribution in [-0.2, 0) is 18.2 Å². The van der Waals surface area contributed by atoms with Crippen LogP contribution in [0.25, 0.3) is 0 Å². The molecular formula is C10H10BrF. The summed E-state index contributed by atoms with van der Waals surface area (Å²) in [5.41, 5.74) is 3.45. The van der Waals surface area contributed by atoms with E-state index >= 15 is 0 Å². The van der Waals surface area contributed by atoms with E-state index in [2.05, 4.69) is 15.9 Å². The van der Waals surface area contributed by atoms with Crippen molar-refractivity contribution in [2.24, 2.45) is 0 Å². The Morgan fingerprint density at radius 2 is 2.00 bits per heavy atom. The van der Waals surface area contributed by atoms with Crippen LogP contribution in [0.1, 0.15) is 23.1 Å². The van der Waals surface area contributed by atoms with Gasteiger partial charge in [0.2, 0.25) is 0 Å². The summed E-state index contributed by atoms with van der Waals surface area (Å²) in [7, 11) is 0. The van der Waals surface area contributed by atoms with Gasteiger partial charge in [0.25, 0.3) is 0 Å². The Morgan fingerprint density at radius 1 is 1.25 bits per heavy atom. The Hall–Kier alpha value is -0.370. The van der Waals surface area contributed by atoms with Gasteiger partial charge in [-0.15, -0.1) is 0 Å². The third kappa shape index (κ3) is 1.18. The third-order valence-electron chi connectivity index (χ3n) is 2.47. The standard InChI is InChI=1S/C10H10BrF/c11-6-7-4-5-10(12)9-3-1-2-8(7)9/h4-5H,1-3,6H2. The second kappa shape index (κ2) is 3.17. The molecule has 1 aliphatic rings. The van der Waals surface area contributed by atoms with Gasteiger partial charge in [0.05, 0.1) is 0 Å². The van der Waals surface area contributed by atoms with Gasteiger partial charge >= 0.3 is 0 Å². The monoisotopic (exact) mass is 228 g/mol. The number of fused-ring (bicyclic) bond motifs is 1. The van der Waals surface area contributed by atoms with E-state index in [9.17, 15) is 4.39 Å². The van der Waals surface area contributed by atoms with Crippen LogP contribution in [0.4, 0.5) is 4.39 Å². The van der Waals surface area contributed by atoms with Gasteiger partial charge in [-0.1, -0.05) is 22.0 Å². The third-order valence-corrected chi connectivity index (χ3v) is 3.07. The van der Waals surface area contributed by atoms with E-state index in [1.54, 1.807) is 6.07 Å². The minimum absolute atomic E-state index is 0.0211. The first kappa shape index (κ1) is 8.24. The molecule has 2 rings (SSSR count). The second-order valence-corrected chi connectivity index (χ2v) is 3.71. The zero-order chi connectivity index (χ0) is 8.55. The lowest BCUT2D eigenvalue weighted by Gasteiger charge is -2.05. The number of hydrogen-bond donors (Lipinski definition) is 0. The molecular weight excluding hydrogens is 219 g/mol. The number of halogens is 2. The van der Waals surface area contributed by atoms with Crippen molar-refractivity contribution >= 4 is 15.9 Å². The van der Waals surface area contributed by atoms with Crippen LogP contribution in [0.5, 0.6) is 0 Å². The van der Waals surface area contributed by atoms with Crippen molar-refractivity contribution in [3.05, 3.63) is 34.6 Å². The molecule has 0 amide bonds. The smallest absolute Gasteiger partial charge is 0.126 e. The molecule has 2 heteroatoms. The van der Waals surface area contributed by atoms with Crippen LogP contribution in [0.15, 0.2) is 12.1 Å². The van der Waals surface area contributed by atoms with Crippen molar-refractivity contribution < 1.29 is 4.39 Å². The van der Waals surface area contributed by atoms with Gasteiger partial charge < -0.3 is 0 Å². The Labute approximate surface area is 79.9 Å². The number of benzene rings is 1. The summed E-state index contributed by atoms with van der Waals surface area (Å²) in [6, 6.07) is 3.47. The largest absolute Gasteiger partial charge is 0.207 e. The van der Waals surface area contributed by atoms with Gasteiger partial charge in [-0.05, 0) is 42.0 Å². The Kier molecular flexibility index (Phi) is 2.18. The van der Waals surface area contributed by atoms with E-state index in [0.717, 1.165) is 30.2 Å². The quantitative estimate of drug-likeness (QED) is 0.648. The molecule has 0 N–H and O–H groups in total. The van der Waals surface area contributed by atoms with Gasteiger partial charge in [0.15, 0.2) is 0 Å². The molecule has 1 aromatic carbocycles. The Bertz CT molecular complexity index is 307. The number of rotatable bonds is 1. The first-order valence-corrected chi connectivity index (χ1v) is 5.30. The topological polar surface area (TPSA) is 0 Å². The predicted octanol–water partition coefficient (Wildman–Crippen LogP) is 3.21. The summed E-state index contributed by atoms with van der Waals surface area (Å²) in [4.78, 5) is 0. The van der Waals surface area contributed by atoms with Crippen LogP contribution < -0.4 is 0 Å². The van der Waals surface area contributed by atoms with Gasteiger partial charge in [-0.3, -0.25) is 0 Å². The van der Waals surface area contributed by atoms with Crippen molar-refractivity contribution in [2.45, 2.75) is 24.6 Å². The van der Waals surface area contributed by atoms with Gasteiger partial charge in [0.1, 0.15) is 5.82 Å². The highest BCUT2D eigenvalue weighted by molar-refractivity contribution is 9.08. The predicted molar refractivity (Wildman–Crippen MR) is 51.1 cm³/mol. The van der Waals surface area contributed by atoms with E-state index in [4.69, 9.17) is 0 Å². The normalized spacial score (nSPS) is 14.8.